The fourth-order valence-corrected chi connectivity index (χ4v) is 2.20. The van der Waals surface area contributed by atoms with Gasteiger partial charge in [0.05, 0.1) is 0 Å². The number of rotatable bonds is 2. The van der Waals surface area contributed by atoms with Crippen LogP contribution in [0.5, 0.6) is 0 Å². The van der Waals surface area contributed by atoms with Crippen molar-refractivity contribution < 1.29 is 9.59 Å². The summed E-state index contributed by atoms with van der Waals surface area (Å²) in [5, 5.41) is 3.35. The van der Waals surface area contributed by atoms with E-state index in [1.807, 2.05) is 6.92 Å². The molecule has 3 amide bonds. The highest BCUT2D eigenvalue weighted by atomic mass is 35.5. The van der Waals surface area contributed by atoms with E-state index in [9.17, 15) is 9.59 Å². The van der Waals surface area contributed by atoms with E-state index in [0.717, 1.165) is 10.5 Å². The van der Waals surface area contributed by atoms with Crippen LogP contribution in [0, 0.1) is 0 Å². The maximum Gasteiger partial charge on any atom is 0.325 e. The Kier molecular flexibility index (Phi) is 2.83. The Bertz CT molecular complexity index is 472. The second-order valence-corrected chi connectivity index (χ2v) is 4.50. The van der Waals surface area contributed by atoms with Gasteiger partial charge in [0.1, 0.15) is 5.54 Å². The lowest BCUT2D eigenvalue weighted by Crippen LogP contribution is -2.43. The molecule has 1 atom stereocenters. The fraction of sp³-hybridized carbons (Fsp3) is 0.333. The zero-order valence-corrected chi connectivity index (χ0v) is 10.4. The lowest BCUT2D eigenvalue weighted by atomic mass is 9.87. The molecule has 5 heteroatoms. The number of hydrogen-bond donors (Lipinski definition) is 1. The smallest absolute Gasteiger partial charge is 0.319 e. The van der Waals surface area contributed by atoms with Crippen LogP contribution < -0.4 is 5.32 Å². The molecule has 0 bridgehead atoms. The van der Waals surface area contributed by atoms with Crippen LogP contribution in [0.4, 0.5) is 4.79 Å². The highest BCUT2D eigenvalue weighted by Gasteiger charge is 2.49. The number of likely N-dealkylation sites (N-methyl/N-ethyl adjacent to an activating group) is 1. The summed E-state index contributed by atoms with van der Waals surface area (Å²) >= 11 is 5.82. The molecule has 0 radical (unpaired) electrons. The predicted octanol–water partition coefficient (Wildman–Crippen LogP) is 2.13. The molecule has 0 saturated carbocycles. The second kappa shape index (κ2) is 4.04. The molecule has 1 N–H and O–H groups in total. The minimum Gasteiger partial charge on any atom is -0.319 e. The molecule has 1 saturated heterocycles. The zero-order valence-electron chi connectivity index (χ0n) is 9.66. The van der Waals surface area contributed by atoms with Crippen molar-refractivity contribution >= 4 is 23.5 Å². The first-order valence-electron chi connectivity index (χ1n) is 5.37. The topological polar surface area (TPSA) is 49.4 Å². The van der Waals surface area contributed by atoms with Gasteiger partial charge in [-0.15, -0.1) is 0 Å². The Hall–Kier alpha value is -1.55. The largest absolute Gasteiger partial charge is 0.325 e. The number of carbonyl (C=O) groups is 2. The minimum atomic E-state index is -0.948. The average Bonchev–Trinajstić information content (AvgIpc) is 2.55. The lowest BCUT2D eigenvalue weighted by molar-refractivity contribution is -0.130. The third-order valence-corrected chi connectivity index (χ3v) is 3.41. The van der Waals surface area contributed by atoms with Gasteiger partial charge >= 0.3 is 6.03 Å². The number of halogens is 1. The van der Waals surface area contributed by atoms with E-state index >= 15 is 0 Å². The van der Waals surface area contributed by atoms with E-state index in [2.05, 4.69) is 5.32 Å². The van der Waals surface area contributed by atoms with Crippen molar-refractivity contribution in [3.05, 3.63) is 34.9 Å². The molecule has 0 unspecified atom stereocenters. The molecular weight excluding hydrogens is 240 g/mol. The maximum atomic E-state index is 12.2. The van der Waals surface area contributed by atoms with Gasteiger partial charge < -0.3 is 5.32 Å². The molecule has 1 aromatic rings. The van der Waals surface area contributed by atoms with E-state index in [-0.39, 0.29) is 11.9 Å². The van der Waals surface area contributed by atoms with Crippen LogP contribution in [0.15, 0.2) is 24.3 Å². The first-order chi connectivity index (χ1) is 8.01. The zero-order chi connectivity index (χ0) is 12.6. The summed E-state index contributed by atoms with van der Waals surface area (Å²) < 4.78 is 0. The Morgan fingerprint density at radius 2 is 1.88 bits per heavy atom. The van der Waals surface area contributed by atoms with Crippen molar-refractivity contribution in [2.45, 2.75) is 18.9 Å². The number of hydrogen-bond acceptors (Lipinski definition) is 2. The van der Waals surface area contributed by atoms with Crippen LogP contribution in [0.1, 0.15) is 18.9 Å². The summed E-state index contributed by atoms with van der Waals surface area (Å²) in [6.07, 6.45) is 0.504. The summed E-state index contributed by atoms with van der Waals surface area (Å²) in [6, 6.07) is 6.59. The Balaban J connectivity index is 2.49. The van der Waals surface area contributed by atoms with Gasteiger partial charge in [0, 0.05) is 12.1 Å². The Morgan fingerprint density at radius 3 is 2.29 bits per heavy atom. The highest BCUT2D eigenvalue weighted by molar-refractivity contribution is 6.30. The van der Waals surface area contributed by atoms with Gasteiger partial charge in [0.15, 0.2) is 0 Å². The molecule has 0 aromatic heterocycles. The normalized spacial score (nSPS) is 24.1. The number of imide groups is 1. The predicted molar refractivity (Wildman–Crippen MR) is 64.7 cm³/mol. The molecular formula is C12H13ClN2O2. The van der Waals surface area contributed by atoms with Crippen LogP contribution in [0.25, 0.3) is 0 Å². The molecule has 1 aromatic carbocycles. The number of nitrogens with zero attached hydrogens (tertiary/aromatic N) is 1. The first-order valence-corrected chi connectivity index (χ1v) is 5.75. The van der Waals surface area contributed by atoms with Crippen molar-refractivity contribution in [2.75, 3.05) is 7.05 Å². The monoisotopic (exact) mass is 252 g/mol. The quantitative estimate of drug-likeness (QED) is 0.820. The molecule has 2 rings (SSSR count). The maximum absolute atomic E-state index is 12.2. The van der Waals surface area contributed by atoms with Crippen molar-refractivity contribution in [2.24, 2.45) is 0 Å². The Morgan fingerprint density at radius 1 is 1.29 bits per heavy atom. The van der Waals surface area contributed by atoms with Crippen LogP contribution >= 0.6 is 11.6 Å². The van der Waals surface area contributed by atoms with Crippen molar-refractivity contribution in [3.63, 3.8) is 0 Å². The highest BCUT2D eigenvalue weighted by Crippen LogP contribution is 2.32. The van der Waals surface area contributed by atoms with E-state index in [1.54, 1.807) is 24.3 Å². The third-order valence-electron chi connectivity index (χ3n) is 3.16. The van der Waals surface area contributed by atoms with Gasteiger partial charge in [-0.25, -0.2) is 4.79 Å². The van der Waals surface area contributed by atoms with E-state index < -0.39 is 5.54 Å². The van der Waals surface area contributed by atoms with Gasteiger partial charge in [0.25, 0.3) is 5.91 Å². The number of carbonyl (C=O) groups excluding carboxylic acids is 2. The first kappa shape index (κ1) is 11.9. The van der Waals surface area contributed by atoms with Crippen LogP contribution in [-0.4, -0.2) is 23.9 Å². The molecule has 1 aliphatic rings. The lowest BCUT2D eigenvalue weighted by Gasteiger charge is -2.25. The van der Waals surface area contributed by atoms with Crippen LogP contribution in [-0.2, 0) is 10.3 Å². The second-order valence-electron chi connectivity index (χ2n) is 4.06. The van der Waals surface area contributed by atoms with Crippen molar-refractivity contribution in [3.8, 4) is 0 Å². The summed E-state index contributed by atoms with van der Waals surface area (Å²) in [4.78, 5) is 24.8. The number of amides is 3. The van der Waals surface area contributed by atoms with Gasteiger partial charge in [0.2, 0.25) is 0 Å². The fourth-order valence-electron chi connectivity index (χ4n) is 2.07. The van der Waals surface area contributed by atoms with Crippen LogP contribution in [0.3, 0.4) is 0 Å². The van der Waals surface area contributed by atoms with Gasteiger partial charge in [-0.05, 0) is 24.1 Å². The SMILES string of the molecule is CC[C@@]1(c2ccc(Cl)cc2)NC(=O)N(C)C1=O. The Labute approximate surface area is 105 Å². The van der Waals surface area contributed by atoms with Gasteiger partial charge in [-0.2, -0.15) is 0 Å². The minimum absolute atomic E-state index is 0.229. The van der Waals surface area contributed by atoms with E-state index in [4.69, 9.17) is 11.6 Å². The average molecular weight is 253 g/mol. The summed E-state index contributed by atoms with van der Waals surface area (Å²) in [5.74, 6) is -0.229. The molecule has 1 heterocycles. The molecule has 0 aliphatic carbocycles. The van der Waals surface area contributed by atoms with Crippen molar-refractivity contribution in [1.29, 1.82) is 0 Å². The number of nitrogens with one attached hydrogen (secondary N) is 1. The molecule has 1 aliphatic heterocycles. The van der Waals surface area contributed by atoms with E-state index in [0.29, 0.717) is 11.4 Å². The molecule has 0 spiro atoms. The molecule has 1 fully saturated rings. The van der Waals surface area contributed by atoms with Gasteiger partial charge in [-0.1, -0.05) is 30.7 Å². The van der Waals surface area contributed by atoms with Gasteiger partial charge in [-0.3, -0.25) is 9.69 Å². The third kappa shape index (κ3) is 1.69. The molecule has 90 valence electrons. The summed E-state index contributed by atoms with van der Waals surface area (Å²) in [5.41, 5.74) is -0.191. The van der Waals surface area contributed by atoms with Crippen molar-refractivity contribution in [1.82, 2.24) is 10.2 Å². The standard InChI is InChI=1S/C12H13ClN2O2/c1-3-12(8-4-6-9(13)7-5-8)10(16)15(2)11(17)14-12/h4-7H,3H2,1-2H3,(H,14,17)/t12-/m0/s1. The summed E-state index contributed by atoms with van der Waals surface area (Å²) in [6.45, 7) is 1.87. The molecule has 4 nitrogen and oxygen atoms in total. The number of benzene rings is 1. The molecule has 17 heavy (non-hydrogen) atoms. The van der Waals surface area contributed by atoms with Crippen LogP contribution in [0.2, 0.25) is 5.02 Å². The van der Waals surface area contributed by atoms with E-state index in [1.165, 1.54) is 7.05 Å². The number of urea groups is 1. The summed E-state index contributed by atoms with van der Waals surface area (Å²) in [7, 11) is 1.48.